The van der Waals surface area contributed by atoms with Crippen LogP contribution in [0.5, 0.6) is 0 Å². The van der Waals surface area contributed by atoms with Crippen LogP contribution >= 0.6 is 0 Å². The molecule has 0 aliphatic carbocycles. The van der Waals surface area contributed by atoms with Crippen LogP contribution in [0.3, 0.4) is 0 Å². The number of carbonyl (C=O) groups excluding carboxylic acids is 1. The van der Waals surface area contributed by atoms with Crippen molar-refractivity contribution in [2.24, 2.45) is 5.73 Å². The summed E-state index contributed by atoms with van der Waals surface area (Å²) >= 11 is 0. The van der Waals surface area contributed by atoms with Gasteiger partial charge in [0.2, 0.25) is 5.91 Å². The van der Waals surface area contributed by atoms with E-state index in [2.05, 4.69) is 25.1 Å². The first kappa shape index (κ1) is 12.1. The summed E-state index contributed by atoms with van der Waals surface area (Å²) < 4.78 is 0. The first-order valence-electron chi connectivity index (χ1n) is 6.32. The zero-order valence-corrected chi connectivity index (χ0v) is 10.4. The van der Waals surface area contributed by atoms with E-state index in [9.17, 15) is 4.79 Å². The van der Waals surface area contributed by atoms with Gasteiger partial charge in [-0.15, -0.1) is 0 Å². The summed E-state index contributed by atoms with van der Waals surface area (Å²) in [6, 6.07) is 6.38. The third kappa shape index (κ3) is 2.67. The van der Waals surface area contributed by atoms with Crippen molar-refractivity contribution >= 4 is 11.6 Å². The second-order valence-corrected chi connectivity index (χ2v) is 4.67. The Balaban J connectivity index is 2.21. The molecule has 1 aliphatic heterocycles. The quantitative estimate of drug-likeness (QED) is 0.866. The fourth-order valence-corrected chi connectivity index (χ4v) is 2.33. The fraction of sp³-hybridized carbons (Fsp3) is 0.500. The molecule has 3 heteroatoms. The molecule has 2 N–H and O–H groups in total. The van der Waals surface area contributed by atoms with Crippen molar-refractivity contribution in [1.29, 1.82) is 0 Å². The van der Waals surface area contributed by atoms with Crippen LogP contribution in [0.1, 0.15) is 30.4 Å². The van der Waals surface area contributed by atoms with E-state index < -0.39 is 0 Å². The lowest BCUT2D eigenvalue weighted by Gasteiger charge is -2.30. The van der Waals surface area contributed by atoms with Gasteiger partial charge in [-0.2, -0.15) is 0 Å². The van der Waals surface area contributed by atoms with Gasteiger partial charge in [0.15, 0.2) is 0 Å². The van der Waals surface area contributed by atoms with Crippen LogP contribution in [-0.4, -0.2) is 19.0 Å². The first-order chi connectivity index (χ1) is 8.22. The Hall–Kier alpha value is -1.35. The minimum Gasteiger partial charge on any atom is -0.330 e. The summed E-state index contributed by atoms with van der Waals surface area (Å²) in [4.78, 5) is 14.0. The molecular formula is C14H20N2O. The number of carbonyl (C=O) groups is 1. The van der Waals surface area contributed by atoms with Crippen LogP contribution in [-0.2, 0) is 11.2 Å². The largest absolute Gasteiger partial charge is 0.330 e. The lowest BCUT2D eigenvalue weighted by Crippen LogP contribution is -2.35. The number of aryl methyl sites for hydroxylation is 2. The molecule has 0 aromatic heterocycles. The average molecular weight is 232 g/mol. The third-order valence-corrected chi connectivity index (χ3v) is 3.26. The molecule has 0 saturated heterocycles. The molecular weight excluding hydrogens is 212 g/mol. The second kappa shape index (κ2) is 5.32. The predicted molar refractivity (Wildman–Crippen MR) is 70.1 cm³/mol. The molecule has 3 nitrogen and oxygen atoms in total. The number of hydrogen-bond acceptors (Lipinski definition) is 2. The summed E-state index contributed by atoms with van der Waals surface area (Å²) in [5, 5.41) is 0. The van der Waals surface area contributed by atoms with Crippen molar-refractivity contribution in [2.75, 3.05) is 18.0 Å². The molecule has 1 amide bonds. The van der Waals surface area contributed by atoms with Crippen molar-refractivity contribution in [2.45, 2.75) is 32.6 Å². The molecule has 0 saturated carbocycles. The Morgan fingerprint density at radius 2 is 2.29 bits per heavy atom. The molecule has 1 aromatic rings. The molecule has 2 rings (SSSR count). The summed E-state index contributed by atoms with van der Waals surface area (Å²) in [6.07, 6.45) is 3.47. The van der Waals surface area contributed by atoms with Gasteiger partial charge in [0.25, 0.3) is 0 Å². The maximum atomic E-state index is 12.1. The number of anilines is 1. The van der Waals surface area contributed by atoms with Gasteiger partial charge >= 0.3 is 0 Å². The molecule has 17 heavy (non-hydrogen) atoms. The molecule has 0 fully saturated rings. The zero-order chi connectivity index (χ0) is 12.3. The van der Waals surface area contributed by atoms with Crippen molar-refractivity contribution in [1.82, 2.24) is 0 Å². The maximum Gasteiger partial charge on any atom is 0.227 e. The van der Waals surface area contributed by atoms with Crippen LogP contribution in [0.25, 0.3) is 0 Å². The molecule has 1 aromatic carbocycles. The summed E-state index contributed by atoms with van der Waals surface area (Å²) in [6.45, 7) is 3.50. The Bertz CT molecular complexity index is 415. The van der Waals surface area contributed by atoms with Crippen molar-refractivity contribution < 1.29 is 4.79 Å². The summed E-state index contributed by atoms with van der Waals surface area (Å²) in [5.41, 5.74) is 9.07. The Morgan fingerprint density at radius 3 is 3.06 bits per heavy atom. The van der Waals surface area contributed by atoms with E-state index in [1.54, 1.807) is 0 Å². The molecule has 0 unspecified atom stereocenters. The van der Waals surface area contributed by atoms with Crippen molar-refractivity contribution in [3.05, 3.63) is 29.3 Å². The predicted octanol–water partition coefficient (Wildman–Crippen LogP) is 2.01. The van der Waals surface area contributed by atoms with E-state index >= 15 is 0 Å². The lowest BCUT2D eigenvalue weighted by atomic mass is 9.99. The van der Waals surface area contributed by atoms with E-state index in [1.165, 1.54) is 11.1 Å². The molecule has 92 valence electrons. The molecule has 1 aliphatic rings. The third-order valence-electron chi connectivity index (χ3n) is 3.26. The highest BCUT2D eigenvalue weighted by Crippen LogP contribution is 2.28. The van der Waals surface area contributed by atoms with Crippen LogP contribution in [0, 0.1) is 6.92 Å². The molecule has 0 atom stereocenters. The van der Waals surface area contributed by atoms with Gasteiger partial charge in [-0.1, -0.05) is 12.1 Å². The number of nitrogens with two attached hydrogens (primary N) is 1. The Kier molecular flexibility index (Phi) is 3.79. The fourth-order valence-electron chi connectivity index (χ4n) is 2.33. The van der Waals surface area contributed by atoms with E-state index in [-0.39, 0.29) is 5.91 Å². The highest BCUT2D eigenvalue weighted by atomic mass is 16.2. The lowest BCUT2D eigenvalue weighted by molar-refractivity contribution is -0.118. The summed E-state index contributed by atoms with van der Waals surface area (Å²) in [5.74, 6) is 0.210. The van der Waals surface area contributed by atoms with Crippen LogP contribution in [0.2, 0.25) is 0 Å². The van der Waals surface area contributed by atoms with E-state index in [0.717, 1.165) is 31.5 Å². The number of benzene rings is 1. The Morgan fingerprint density at radius 1 is 1.47 bits per heavy atom. The first-order valence-corrected chi connectivity index (χ1v) is 6.32. The van der Waals surface area contributed by atoms with Gasteiger partial charge in [0, 0.05) is 18.7 Å². The van der Waals surface area contributed by atoms with E-state index in [1.807, 2.05) is 4.90 Å². The second-order valence-electron chi connectivity index (χ2n) is 4.67. The van der Waals surface area contributed by atoms with Gasteiger partial charge < -0.3 is 10.6 Å². The van der Waals surface area contributed by atoms with Crippen LogP contribution < -0.4 is 10.6 Å². The minimum atomic E-state index is 0.210. The highest BCUT2D eigenvalue weighted by molar-refractivity contribution is 5.94. The van der Waals surface area contributed by atoms with Gasteiger partial charge in [-0.3, -0.25) is 4.79 Å². The van der Waals surface area contributed by atoms with E-state index in [4.69, 9.17) is 5.73 Å². The normalized spacial score (nSPS) is 14.6. The van der Waals surface area contributed by atoms with Gasteiger partial charge in [-0.25, -0.2) is 0 Å². The standard InChI is InChI=1S/C14H20N2O/c1-11-6-7-12-4-3-9-16(13(12)10-11)14(17)5-2-8-15/h6-7,10H,2-5,8-9,15H2,1H3. The Labute approximate surface area is 103 Å². The number of hydrogen-bond donors (Lipinski definition) is 1. The van der Waals surface area contributed by atoms with Crippen LogP contribution in [0.15, 0.2) is 18.2 Å². The average Bonchev–Trinajstić information content (AvgIpc) is 2.35. The topological polar surface area (TPSA) is 46.3 Å². The minimum absolute atomic E-state index is 0.210. The van der Waals surface area contributed by atoms with E-state index in [0.29, 0.717) is 13.0 Å². The van der Waals surface area contributed by atoms with Crippen molar-refractivity contribution in [3.63, 3.8) is 0 Å². The number of nitrogens with zero attached hydrogens (tertiary/aromatic N) is 1. The number of rotatable bonds is 3. The zero-order valence-electron chi connectivity index (χ0n) is 10.4. The smallest absolute Gasteiger partial charge is 0.227 e. The monoisotopic (exact) mass is 232 g/mol. The highest BCUT2D eigenvalue weighted by Gasteiger charge is 2.21. The molecule has 1 heterocycles. The van der Waals surface area contributed by atoms with Gasteiger partial charge in [0.1, 0.15) is 0 Å². The van der Waals surface area contributed by atoms with Crippen LogP contribution in [0.4, 0.5) is 5.69 Å². The van der Waals surface area contributed by atoms with Crippen molar-refractivity contribution in [3.8, 4) is 0 Å². The maximum absolute atomic E-state index is 12.1. The number of amides is 1. The summed E-state index contributed by atoms with van der Waals surface area (Å²) in [7, 11) is 0. The molecule has 0 bridgehead atoms. The molecule has 0 radical (unpaired) electrons. The van der Waals surface area contributed by atoms with Gasteiger partial charge in [-0.05, 0) is 49.9 Å². The van der Waals surface area contributed by atoms with Gasteiger partial charge in [0.05, 0.1) is 0 Å². The molecule has 0 spiro atoms. The SMILES string of the molecule is Cc1ccc2c(c1)N(C(=O)CCCN)CCC2. The number of fused-ring (bicyclic) bond motifs is 1.